The van der Waals surface area contributed by atoms with Gasteiger partial charge in [-0.1, -0.05) is 42.5 Å². The average molecular weight is 538 g/mol. The molecule has 0 aliphatic rings. The van der Waals surface area contributed by atoms with Crippen LogP contribution in [0.1, 0.15) is 33.4 Å². The average Bonchev–Trinajstić information content (AvgIpc) is 2.75. The summed E-state index contributed by atoms with van der Waals surface area (Å²) >= 11 is 0. The van der Waals surface area contributed by atoms with Gasteiger partial charge in [-0.3, -0.25) is 0 Å². The Morgan fingerprint density at radius 3 is 0.947 bits per heavy atom. The molecule has 0 aliphatic heterocycles. The Hall–Kier alpha value is -2.79. The molecule has 3 aromatic carbocycles. The highest BCUT2D eigenvalue weighted by atomic mass is 19.2. The molecule has 4 nitrogen and oxygen atoms in total. The molecule has 0 radical (unpaired) electrons. The van der Waals surface area contributed by atoms with Gasteiger partial charge in [-0.15, -0.1) is 0 Å². The Kier molecular flexibility index (Phi) is 12.1. The van der Waals surface area contributed by atoms with Crippen LogP contribution in [0.4, 0.5) is 33.3 Å². The van der Waals surface area contributed by atoms with E-state index in [1.54, 1.807) is 0 Å². The maximum atomic E-state index is 12.5. The zero-order valence-corrected chi connectivity index (χ0v) is 23.6. The van der Waals surface area contributed by atoms with Gasteiger partial charge in [0.15, 0.2) is 29.1 Å². The number of nitrogens with one attached hydrogen (secondary N) is 2. The zero-order valence-electron chi connectivity index (χ0n) is 23.6. The van der Waals surface area contributed by atoms with Crippen LogP contribution >= 0.6 is 0 Å². The maximum Gasteiger partial charge on any atom is 0.200 e. The molecular weight excluding hydrogens is 502 g/mol. The fraction of sp³-hybridized carbons (Fsp3) is 0.357. The van der Waals surface area contributed by atoms with E-state index in [1.807, 2.05) is 0 Å². The normalized spacial score (nSPS) is 10.7. The lowest BCUT2D eigenvalue weighted by molar-refractivity contribution is -0.787. The van der Waals surface area contributed by atoms with Gasteiger partial charge in [0, 0.05) is 22.3 Å². The molecule has 0 bridgehead atoms. The molecular formula is C28H36BF5N2O2. The molecule has 10 heteroatoms. The third kappa shape index (κ3) is 8.11. The summed E-state index contributed by atoms with van der Waals surface area (Å²) in [5.41, 5.74) is 9.27. The molecule has 0 saturated carbocycles. The highest BCUT2D eigenvalue weighted by Gasteiger charge is 2.23. The third-order valence-electron chi connectivity index (χ3n) is 5.83. The van der Waals surface area contributed by atoms with Crippen molar-refractivity contribution >= 4 is 24.0 Å². The summed E-state index contributed by atoms with van der Waals surface area (Å²) in [5, 5.41) is 20.2. The summed E-state index contributed by atoms with van der Waals surface area (Å²) in [6.45, 7) is 13.0. The lowest BCUT2D eigenvalue weighted by Gasteiger charge is -2.27. The van der Waals surface area contributed by atoms with Gasteiger partial charge in [-0.05, 0) is 47.0 Å². The van der Waals surface area contributed by atoms with Crippen LogP contribution < -0.4 is 25.3 Å². The highest BCUT2D eigenvalue weighted by molar-refractivity contribution is 6.55. The van der Waals surface area contributed by atoms with Crippen molar-refractivity contribution in [2.24, 2.45) is 0 Å². The van der Waals surface area contributed by atoms with Crippen molar-refractivity contribution in [2.75, 3.05) is 28.2 Å². The van der Waals surface area contributed by atoms with Gasteiger partial charge in [-0.25, -0.2) is 22.0 Å². The van der Waals surface area contributed by atoms with Crippen LogP contribution in [0.3, 0.4) is 0 Å². The van der Waals surface area contributed by atoms with E-state index in [0.29, 0.717) is 0 Å². The smallest absolute Gasteiger partial charge is 0.200 e. The Balaban J connectivity index is 0.000000286. The molecule has 0 aliphatic carbocycles. The molecule has 2 N–H and O–H groups in total. The largest absolute Gasteiger partial charge is 0.889 e. The van der Waals surface area contributed by atoms with Crippen molar-refractivity contribution in [1.29, 1.82) is 0 Å². The summed E-state index contributed by atoms with van der Waals surface area (Å²) in [6, 6.07) is 8.98. The van der Waals surface area contributed by atoms with Crippen LogP contribution in [0.15, 0.2) is 24.3 Å². The van der Waals surface area contributed by atoms with Crippen molar-refractivity contribution in [3.63, 3.8) is 0 Å². The minimum absolute atomic E-state index is 1.36. The van der Waals surface area contributed by atoms with E-state index in [9.17, 15) is 32.0 Å². The van der Waals surface area contributed by atoms with Crippen molar-refractivity contribution < 1.29 is 41.8 Å². The summed E-state index contributed by atoms with van der Waals surface area (Å²) in [4.78, 5) is 2.81. The molecule has 0 aromatic heterocycles. The van der Waals surface area contributed by atoms with Gasteiger partial charge in [0.05, 0.1) is 28.2 Å². The number of hydrogen-bond donors (Lipinski definition) is 2. The second-order valence-corrected chi connectivity index (χ2v) is 9.86. The lowest BCUT2D eigenvalue weighted by Crippen LogP contribution is -3.00. The van der Waals surface area contributed by atoms with Crippen LogP contribution in [0.2, 0.25) is 0 Å². The fourth-order valence-corrected chi connectivity index (χ4v) is 4.77. The maximum absolute atomic E-state index is 12.5. The molecule has 0 amide bonds. The van der Waals surface area contributed by atoms with Gasteiger partial charge >= 0.3 is 0 Å². The molecule has 0 atom stereocenters. The van der Waals surface area contributed by atoms with Gasteiger partial charge < -0.3 is 19.8 Å². The number of benzene rings is 3. The van der Waals surface area contributed by atoms with Gasteiger partial charge in [0.1, 0.15) is 11.4 Å². The van der Waals surface area contributed by atoms with Gasteiger partial charge in [0.2, 0.25) is 0 Å². The molecule has 208 valence electrons. The van der Waals surface area contributed by atoms with Crippen LogP contribution in [-0.4, -0.2) is 35.3 Å². The van der Waals surface area contributed by atoms with E-state index in [4.69, 9.17) is 0 Å². The van der Waals surface area contributed by atoms with Crippen molar-refractivity contribution in [3.8, 4) is 0 Å². The Morgan fingerprint density at radius 1 is 0.500 bits per heavy atom. The summed E-state index contributed by atoms with van der Waals surface area (Å²) < 4.78 is 62.0. The summed E-state index contributed by atoms with van der Waals surface area (Å²) in [6.07, 6.45) is 0. The Labute approximate surface area is 222 Å². The van der Waals surface area contributed by atoms with Crippen LogP contribution in [-0.2, 0) is 0 Å². The molecule has 3 aromatic rings. The van der Waals surface area contributed by atoms with E-state index in [2.05, 4.69) is 94.0 Å². The van der Waals surface area contributed by atoms with Gasteiger partial charge in [0.25, 0.3) is 0 Å². The Morgan fingerprint density at radius 2 is 0.737 bits per heavy atom. The second-order valence-electron chi connectivity index (χ2n) is 9.86. The fourth-order valence-electron chi connectivity index (χ4n) is 4.77. The van der Waals surface area contributed by atoms with E-state index in [0.717, 1.165) is 0 Å². The predicted octanol–water partition coefficient (Wildman–Crippen LogP) is 1.57. The molecule has 0 saturated heterocycles. The van der Waals surface area contributed by atoms with Crippen LogP contribution in [0, 0.1) is 70.6 Å². The number of halogens is 5. The summed E-state index contributed by atoms with van der Waals surface area (Å²) in [5.74, 6) is -11.7. The number of hydrogen-bond acceptors (Lipinski definition) is 2. The summed E-state index contributed by atoms with van der Waals surface area (Å²) in [7, 11) is 5.42. The van der Waals surface area contributed by atoms with Crippen LogP contribution in [0.5, 0.6) is 0 Å². The second kappa shape index (κ2) is 13.8. The van der Waals surface area contributed by atoms with E-state index in [-0.39, 0.29) is 0 Å². The molecule has 3 rings (SSSR count). The lowest BCUT2D eigenvalue weighted by atomic mass is 9.79. The monoisotopic (exact) mass is 538 g/mol. The first-order valence-corrected chi connectivity index (χ1v) is 12.0. The number of rotatable bonds is 3. The zero-order chi connectivity index (χ0) is 29.6. The molecule has 38 heavy (non-hydrogen) atoms. The standard InChI is InChI=1S/2C11H17N.C6BF5O2/c2*1-8-6-9(2)11(12(4)5)10(3)7-8;8-2-1(7(13)14)3(9)5(11)6(12)4(2)10/h2*6-7H,1-5H3;/q;;-2/p+2. The number of quaternary nitrogens is 2. The first kappa shape index (κ1) is 33.2. The SMILES string of the molecule is Cc1cc(C)c([NH+](C)C)c(C)c1.Cc1cc(C)c([NH+](C)C)c(C)c1.[O-]B([O-])c1c(F)c(F)c(F)c(F)c1F. The minimum atomic E-state index is -3.26. The first-order chi connectivity index (χ1) is 17.4. The van der Waals surface area contributed by atoms with Gasteiger partial charge in [-0.2, -0.15) is 0 Å². The predicted molar refractivity (Wildman–Crippen MR) is 138 cm³/mol. The molecule has 0 heterocycles. The third-order valence-corrected chi connectivity index (χ3v) is 5.83. The van der Waals surface area contributed by atoms with Crippen molar-refractivity contribution in [3.05, 3.63) is 86.7 Å². The van der Waals surface area contributed by atoms with E-state index in [1.165, 1.54) is 54.6 Å². The highest BCUT2D eigenvalue weighted by Crippen LogP contribution is 2.18. The Bertz CT molecular complexity index is 1140. The van der Waals surface area contributed by atoms with E-state index < -0.39 is 41.7 Å². The number of aryl methyl sites for hydroxylation is 6. The van der Waals surface area contributed by atoms with Crippen LogP contribution in [0.25, 0.3) is 0 Å². The van der Waals surface area contributed by atoms with Crippen molar-refractivity contribution in [1.82, 2.24) is 0 Å². The molecule has 0 spiro atoms. The molecule has 0 unspecified atom stereocenters. The topological polar surface area (TPSA) is 55.0 Å². The minimum Gasteiger partial charge on any atom is -0.889 e. The quantitative estimate of drug-likeness (QED) is 0.231. The molecule has 0 fully saturated rings. The van der Waals surface area contributed by atoms with E-state index >= 15 is 0 Å². The van der Waals surface area contributed by atoms with Crippen molar-refractivity contribution in [2.45, 2.75) is 41.5 Å². The first-order valence-electron chi connectivity index (χ1n) is 12.0.